The molecule has 0 aliphatic heterocycles. The lowest BCUT2D eigenvalue weighted by atomic mass is 10.2. The Morgan fingerprint density at radius 3 is 2.58 bits per heavy atom. The zero-order valence-electron chi connectivity index (χ0n) is 13.4. The monoisotopic (exact) mass is 329 g/mol. The van der Waals surface area contributed by atoms with Gasteiger partial charge >= 0.3 is 0 Å². The van der Waals surface area contributed by atoms with Crippen molar-refractivity contribution in [2.24, 2.45) is 0 Å². The maximum absolute atomic E-state index is 4.72. The van der Waals surface area contributed by atoms with Crippen molar-refractivity contribution in [3.05, 3.63) is 76.7 Å². The number of thiophene rings is 1. The standard InChI is InChI=1S/C20H15N3S/c1-14-12-23-13-18(22-20(23)15(2)21-14)19-11-10-17(24-19)9-8-16-6-4-3-5-7-16/h3-7,10-13H,1-2H3. The molecular weight excluding hydrogens is 314 g/mol. The minimum atomic E-state index is 0.904. The highest BCUT2D eigenvalue weighted by Gasteiger charge is 2.09. The van der Waals surface area contributed by atoms with Gasteiger partial charge in [-0.05, 0) is 38.1 Å². The molecular formula is C20H15N3S. The molecule has 1 aromatic carbocycles. The fraction of sp³-hybridized carbons (Fsp3) is 0.100. The first-order valence-electron chi connectivity index (χ1n) is 7.69. The summed E-state index contributed by atoms with van der Waals surface area (Å²) in [5.74, 6) is 6.42. The average molecular weight is 329 g/mol. The van der Waals surface area contributed by atoms with Gasteiger partial charge in [-0.2, -0.15) is 0 Å². The minimum absolute atomic E-state index is 0.904. The van der Waals surface area contributed by atoms with E-state index in [4.69, 9.17) is 4.98 Å². The van der Waals surface area contributed by atoms with Crippen LogP contribution in [0.1, 0.15) is 21.8 Å². The maximum atomic E-state index is 4.72. The summed E-state index contributed by atoms with van der Waals surface area (Å²) < 4.78 is 2.04. The van der Waals surface area contributed by atoms with Crippen molar-refractivity contribution >= 4 is 17.0 Å². The van der Waals surface area contributed by atoms with Crippen LogP contribution in [0, 0.1) is 25.7 Å². The summed E-state index contributed by atoms with van der Waals surface area (Å²) in [6.07, 6.45) is 4.06. The molecule has 3 aromatic heterocycles. The van der Waals surface area contributed by atoms with Crippen LogP contribution in [-0.2, 0) is 0 Å². The molecule has 0 atom stereocenters. The Morgan fingerprint density at radius 2 is 1.75 bits per heavy atom. The molecule has 0 unspecified atom stereocenters. The molecule has 0 aliphatic rings. The fourth-order valence-electron chi connectivity index (χ4n) is 2.62. The van der Waals surface area contributed by atoms with Crippen LogP contribution in [0.25, 0.3) is 16.2 Å². The summed E-state index contributed by atoms with van der Waals surface area (Å²) in [4.78, 5) is 11.4. The Bertz CT molecular complexity index is 1080. The van der Waals surface area contributed by atoms with Crippen LogP contribution in [0.5, 0.6) is 0 Å². The topological polar surface area (TPSA) is 30.2 Å². The van der Waals surface area contributed by atoms with Crippen LogP contribution in [0.4, 0.5) is 0 Å². The van der Waals surface area contributed by atoms with Gasteiger partial charge in [-0.15, -0.1) is 11.3 Å². The van der Waals surface area contributed by atoms with Crippen LogP contribution in [0.15, 0.2) is 54.9 Å². The molecule has 0 radical (unpaired) electrons. The number of hydrogen-bond acceptors (Lipinski definition) is 3. The van der Waals surface area contributed by atoms with Crippen LogP contribution in [-0.4, -0.2) is 14.4 Å². The molecule has 0 spiro atoms. The minimum Gasteiger partial charge on any atom is -0.303 e. The third kappa shape index (κ3) is 2.82. The summed E-state index contributed by atoms with van der Waals surface area (Å²) in [5, 5.41) is 0. The Hall–Kier alpha value is -2.90. The molecule has 4 rings (SSSR count). The molecule has 0 aliphatic carbocycles. The SMILES string of the molecule is Cc1cn2cc(-c3ccc(C#Cc4ccccc4)s3)nc2c(C)n1. The summed E-state index contributed by atoms with van der Waals surface area (Å²) in [7, 11) is 0. The van der Waals surface area contributed by atoms with Crippen molar-refractivity contribution < 1.29 is 0 Å². The van der Waals surface area contributed by atoms with Gasteiger partial charge in [-0.3, -0.25) is 4.98 Å². The first-order valence-corrected chi connectivity index (χ1v) is 8.51. The van der Waals surface area contributed by atoms with E-state index < -0.39 is 0 Å². The van der Waals surface area contributed by atoms with Crippen molar-refractivity contribution in [1.29, 1.82) is 0 Å². The van der Waals surface area contributed by atoms with Gasteiger partial charge in [0.15, 0.2) is 5.65 Å². The van der Waals surface area contributed by atoms with Crippen molar-refractivity contribution in [2.45, 2.75) is 13.8 Å². The number of benzene rings is 1. The molecule has 24 heavy (non-hydrogen) atoms. The van der Waals surface area contributed by atoms with Crippen molar-refractivity contribution in [2.75, 3.05) is 0 Å². The molecule has 3 nitrogen and oxygen atoms in total. The molecule has 0 amide bonds. The lowest BCUT2D eigenvalue weighted by molar-refractivity contribution is 1.03. The van der Waals surface area contributed by atoms with Gasteiger partial charge in [0, 0.05) is 18.0 Å². The second-order valence-electron chi connectivity index (χ2n) is 5.60. The van der Waals surface area contributed by atoms with Gasteiger partial charge < -0.3 is 4.40 Å². The summed E-state index contributed by atoms with van der Waals surface area (Å²) in [6.45, 7) is 3.98. The molecule has 0 saturated heterocycles. The number of imidazole rings is 1. The molecule has 4 heteroatoms. The Morgan fingerprint density at radius 1 is 0.917 bits per heavy atom. The first kappa shape index (κ1) is 14.7. The summed E-state index contributed by atoms with van der Waals surface area (Å²) in [5.41, 5.74) is 4.83. The second kappa shape index (κ2) is 5.95. The molecule has 0 N–H and O–H groups in total. The lowest BCUT2D eigenvalue weighted by Gasteiger charge is -1.98. The van der Waals surface area contributed by atoms with E-state index in [1.807, 2.05) is 54.8 Å². The smallest absolute Gasteiger partial charge is 0.158 e. The highest BCUT2D eigenvalue weighted by Crippen LogP contribution is 2.27. The normalized spacial score (nSPS) is 10.6. The van der Waals surface area contributed by atoms with Crippen molar-refractivity contribution in [1.82, 2.24) is 14.4 Å². The predicted molar refractivity (Wildman–Crippen MR) is 98.2 cm³/mol. The van der Waals surface area contributed by atoms with E-state index in [0.29, 0.717) is 0 Å². The summed E-state index contributed by atoms with van der Waals surface area (Å²) >= 11 is 1.66. The molecule has 0 saturated carbocycles. The number of aryl methyl sites for hydroxylation is 2. The molecule has 0 fully saturated rings. The van der Waals surface area contributed by atoms with Crippen molar-refractivity contribution in [3.63, 3.8) is 0 Å². The fourth-order valence-corrected chi connectivity index (χ4v) is 3.44. The van der Waals surface area contributed by atoms with Gasteiger partial charge in [0.1, 0.15) is 0 Å². The maximum Gasteiger partial charge on any atom is 0.158 e. The van der Waals surface area contributed by atoms with Crippen LogP contribution in [0.2, 0.25) is 0 Å². The molecule has 0 bridgehead atoms. The zero-order valence-corrected chi connectivity index (χ0v) is 14.3. The first-order chi connectivity index (χ1) is 11.7. The van der Waals surface area contributed by atoms with Gasteiger partial charge in [0.2, 0.25) is 0 Å². The van der Waals surface area contributed by atoms with E-state index in [9.17, 15) is 0 Å². The number of nitrogens with zero attached hydrogens (tertiary/aromatic N) is 3. The van der Waals surface area contributed by atoms with Crippen molar-refractivity contribution in [3.8, 4) is 22.4 Å². The Kier molecular flexibility index (Phi) is 3.64. The average Bonchev–Trinajstić information content (AvgIpc) is 3.20. The van der Waals surface area contributed by atoms with Crippen LogP contribution < -0.4 is 0 Å². The lowest BCUT2D eigenvalue weighted by Crippen LogP contribution is -1.93. The predicted octanol–water partition coefficient (Wildman–Crippen LogP) is 4.47. The number of aromatic nitrogens is 3. The third-order valence-electron chi connectivity index (χ3n) is 3.69. The van der Waals surface area contributed by atoms with E-state index >= 15 is 0 Å². The Balaban J connectivity index is 1.68. The second-order valence-corrected chi connectivity index (χ2v) is 6.69. The van der Waals surface area contributed by atoms with Gasteiger partial charge in [-0.25, -0.2) is 4.98 Å². The Labute approximate surface area is 144 Å². The quantitative estimate of drug-likeness (QED) is 0.482. The molecule has 4 aromatic rings. The van der Waals surface area contributed by atoms with E-state index in [-0.39, 0.29) is 0 Å². The van der Waals surface area contributed by atoms with E-state index in [0.717, 1.165) is 38.0 Å². The largest absolute Gasteiger partial charge is 0.303 e. The van der Waals surface area contributed by atoms with Gasteiger partial charge in [0.25, 0.3) is 0 Å². The van der Waals surface area contributed by atoms with E-state index in [1.54, 1.807) is 11.3 Å². The number of hydrogen-bond donors (Lipinski definition) is 0. The third-order valence-corrected chi connectivity index (χ3v) is 4.71. The van der Waals surface area contributed by atoms with Gasteiger partial charge in [0.05, 0.1) is 26.8 Å². The van der Waals surface area contributed by atoms with E-state index in [2.05, 4.69) is 35.2 Å². The van der Waals surface area contributed by atoms with Crippen LogP contribution >= 0.6 is 11.3 Å². The summed E-state index contributed by atoms with van der Waals surface area (Å²) in [6, 6.07) is 14.2. The van der Waals surface area contributed by atoms with Gasteiger partial charge in [-0.1, -0.05) is 30.0 Å². The zero-order chi connectivity index (χ0) is 16.5. The molecule has 116 valence electrons. The highest BCUT2D eigenvalue weighted by atomic mass is 32.1. The van der Waals surface area contributed by atoms with E-state index in [1.165, 1.54) is 0 Å². The highest BCUT2D eigenvalue weighted by molar-refractivity contribution is 7.16. The molecule has 3 heterocycles. The number of fused-ring (bicyclic) bond motifs is 1. The van der Waals surface area contributed by atoms with Crippen LogP contribution in [0.3, 0.4) is 0 Å². The number of rotatable bonds is 1.